The zero-order valence-corrected chi connectivity index (χ0v) is 9.87. The van der Waals surface area contributed by atoms with E-state index < -0.39 is 0 Å². The highest BCUT2D eigenvalue weighted by molar-refractivity contribution is 7.09. The van der Waals surface area contributed by atoms with Gasteiger partial charge in [-0.3, -0.25) is 4.98 Å². The lowest BCUT2D eigenvalue weighted by atomic mass is 9.90. The van der Waals surface area contributed by atoms with Crippen LogP contribution in [-0.2, 0) is 11.2 Å². The van der Waals surface area contributed by atoms with E-state index in [-0.39, 0.29) is 6.04 Å². The minimum absolute atomic E-state index is 0.220. The summed E-state index contributed by atoms with van der Waals surface area (Å²) in [5.74, 6) is 0.525. The van der Waals surface area contributed by atoms with Crippen molar-refractivity contribution in [2.45, 2.75) is 38.3 Å². The highest BCUT2D eigenvalue weighted by Crippen LogP contribution is 2.27. The van der Waals surface area contributed by atoms with Crippen molar-refractivity contribution in [3.63, 3.8) is 0 Å². The Balaban J connectivity index is 1.92. The van der Waals surface area contributed by atoms with E-state index in [2.05, 4.69) is 11.9 Å². The van der Waals surface area contributed by atoms with E-state index in [4.69, 9.17) is 10.5 Å². The number of ether oxygens (including phenoxy) is 1. The molecule has 2 rings (SSSR count). The molecule has 4 heteroatoms. The third kappa shape index (κ3) is 2.56. The van der Waals surface area contributed by atoms with Crippen molar-refractivity contribution in [2.75, 3.05) is 6.61 Å². The summed E-state index contributed by atoms with van der Waals surface area (Å²) in [5.41, 5.74) is 8.10. The molecule has 1 saturated heterocycles. The summed E-state index contributed by atoms with van der Waals surface area (Å²) in [6.07, 6.45) is 5.41. The lowest BCUT2D eigenvalue weighted by Gasteiger charge is -2.23. The Kier molecular flexibility index (Phi) is 3.72. The molecule has 1 fully saturated rings. The second kappa shape index (κ2) is 5.05. The summed E-state index contributed by atoms with van der Waals surface area (Å²) in [5, 5.41) is 0. The molecule has 0 radical (unpaired) electrons. The van der Waals surface area contributed by atoms with Gasteiger partial charge in [0.05, 0.1) is 11.6 Å². The van der Waals surface area contributed by atoms with E-state index in [1.165, 1.54) is 4.88 Å². The molecule has 2 N–H and O–H groups in total. The van der Waals surface area contributed by atoms with E-state index >= 15 is 0 Å². The number of hydrogen-bond acceptors (Lipinski definition) is 4. The van der Waals surface area contributed by atoms with Gasteiger partial charge in [0.2, 0.25) is 0 Å². The van der Waals surface area contributed by atoms with Crippen molar-refractivity contribution in [3.05, 3.63) is 16.6 Å². The first-order valence-electron chi connectivity index (χ1n) is 5.55. The van der Waals surface area contributed by atoms with Crippen molar-refractivity contribution in [1.29, 1.82) is 0 Å². The molecule has 1 aromatic heterocycles. The molecule has 0 aromatic carbocycles. The number of hydrogen-bond donors (Lipinski definition) is 1. The van der Waals surface area contributed by atoms with Crippen LogP contribution in [0.4, 0.5) is 0 Å². The standard InChI is InChI=1S/C11H18N2OS/c1-2-11-9(3-4-14-11)10(12)5-8-6-13-7-15-8/h6-7,9-11H,2-5,12H2,1H3. The molecule has 0 saturated carbocycles. The van der Waals surface area contributed by atoms with Gasteiger partial charge in [-0.15, -0.1) is 11.3 Å². The lowest BCUT2D eigenvalue weighted by molar-refractivity contribution is 0.0814. The average molecular weight is 226 g/mol. The largest absolute Gasteiger partial charge is 0.378 e. The van der Waals surface area contributed by atoms with Crippen LogP contribution in [0, 0.1) is 5.92 Å². The van der Waals surface area contributed by atoms with Crippen molar-refractivity contribution >= 4 is 11.3 Å². The van der Waals surface area contributed by atoms with Crippen LogP contribution < -0.4 is 5.73 Å². The smallest absolute Gasteiger partial charge is 0.0794 e. The Labute approximate surface area is 94.7 Å². The molecule has 1 aromatic rings. The third-order valence-electron chi connectivity index (χ3n) is 3.13. The predicted octanol–water partition coefficient (Wildman–Crippen LogP) is 1.83. The van der Waals surface area contributed by atoms with Gasteiger partial charge in [-0.05, 0) is 19.3 Å². The van der Waals surface area contributed by atoms with Crippen LogP contribution >= 0.6 is 11.3 Å². The molecular weight excluding hydrogens is 208 g/mol. The van der Waals surface area contributed by atoms with Gasteiger partial charge < -0.3 is 10.5 Å². The molecule has 0 amide bonds. The fourth-order valence-electron chi connectivity index (χ4n) is 2.30. The van der Waals surface area contributed by atoms with Crippen molar-refractivity contribution < 1.29 is 4.74 Å². The van der Waals surface area contributed by atoms with Crippen LogP contribution in [0.25, 0.3) is 0 Å². The molecular formula is C11H18N2OS. The average Bonchev–Trinajstić information content (AvgIpc) is 2.86. The summed E-state index contributed by atoms with van der Waals surface area (Å²) in [4.78, 5) is 5.35. The Morgan fingerprint density at radius 1 is 1.73 bits per heavy atom. The molecule has 3 nitrogen and oxygen atoms in total. The molecule has 2 heterocycles. The van der Waals surface area contributed by atoms with Gasteiger partial charge in [0, 0.05) is 29.6 Å². The lowest BCUT2D eigenvalue weighted by Crippen LogP contribution is -2.36. The topological polar surface area (TPSA) is 48.1 Å². The van der Waals surface area contributed by atoms with Gasteiger partial charge >= 0.3 is 0 Å². The third-order valence-corrected chi connectivity index (χ3v) is 3.94. The molecule has 84 valence electrons. The summed E-state index contributed by atoms with van der Waals surface area (Å²) in [7, 11) is 0. The van der Waals surface area contributed by atoms with E-state index in [1.54, 1.807) is 11.3 Å². The first kappa shape index (κ1) is 11.0. The molecule has 15 heavy (non-hydrogen) atoms. The zero-order valence-electron chi connectivity index (χ0n) is 9.06. The first-order valence-corrected chi connectivity index (χ1v) is 6.43. The monoisotopic (exact) mass is 226 g/mol. The fourth-order valence-corrected chi connectivity index (χ4v) is 2.97. The van der Waals surface area contributed by atoms with Crippen molar-refractivity contribution in [2.24, 2.45) is 11.7 Å². The van der Waals surface area contributed by atoms with Gasteiger partial charge in [0.15, 0.2) is 0 Å². The van der Waals surface area contributed by atoms with Gasteiger partial charge in [0.25, 0.3) is 0 Å². The quantitative estimate of drug-likeness (QED) is 0.852. The van der Waals surface area contributed by atoms with E-state index in [9.17, 15) is 0 Å². The Hall–Kier alpha value is -0.450. The second-order valence-corrected chi connectivity index (χ2v) is 5.08. The van der Waals surface area contributed by atoms with Crippen LogP contribution in [-0.4, -0.2) is 23.7 Å². The molecule has 0 spiro atoms. The fraction of sp³-hybridized carbons (Fsp3) is 0.727. The van der Waals surface area contributed by atoms with Gasteiger partial charge in [-0.1, -0.05) is 6.92 Å². The second-order valence-electron chi connectivity index (χ2n) is 4.11. The van der Waals surface area contributed by atoms with Crippen LogP contribution in [0.5, 0.6) is 0 Å². The van der Waals surface area contributed by atoms with E-state index in [0.29, 0.717) is 12.0 Å². The Morgan fingerprint density at radius 2 is 2.60 bits per heavy atom. The Bertz CT molecular complexity index is 289. The molecule has 1 aliphatic rings. The van der Waals surface area contributed by atoms with E-state index in [0.717, 1.165) is 25.9 Å². The number of nitrogens with two attached hydrogens (primary N) is 1. The summed E-state index contributed by atoms with van der Waals surface area (Å²) < 4.78 is 5.66. The number of thiazole rings is 1. The zero-order chi connectivity index (χ0) is 10.7. The maximum atomic E-state index is 6.24. The minimum Gasteiger partial charge on any atom is -0.378 e. The van der Waals surface area contributed by atoms with Crippen LogP contribution in [0.3, 0.4) is 0 Å². The van der Waals surface area contributed by atoms with Gasteiger partial charge in [-0.25, -0.2) is 0 Å². The highest BCUT2D eigenvalue weighted by Gasteiger charge is 2.31. The van der Waals surface area contributed by atoms with Crippen molar-refractivity contribution in [3.8, 4) is 0 Å². The molecule has 3 unspecified atom stereocenters. The van der Waals surface area contributed by atoms with E-state index in [1.807, 2.05) is 11.7 Å². The first-order chi connectivity index (χ1) is 7.31. The van der Waals surface area contributed by atoms with Gasteiger partial charge in [0.1, 0.15) is 0 Å². The number of rotatable bonds is 4. The normalized spacial score (nSPS) is 28.1. The maximum Gasteiger partial charge on any atom is 0.0794 e. The van der Waals surface area contributed by atoms with Crippen LogP contribution in [0.15, 0.2) is 11.7 Å². The Morgan fingerprint density at radius 3 is 3.27 bits per heavy atom. The molecule has 1 aliphatic heterocycles. The van der Waals surface area contributed by atoms with Crippen LogP contribution in [0.1, 0.15) is 24.6 Å². The van der Waals surface area contributed by atoms with Gasteiger partial charge in [-0.2, -0.15) is 0 Å². The SMILES string of the molecule is CCC1OCCC1C(N)Cc1cncs1. The maximum absolute atomic E-state index is 6.24. The number of nitrogens with zero attached hydrogens (tertiary/aromatic N) is 1. The molecule has 3 atom stereocenters. The summed E-state index contributed by atoms with van der Waals surface area (Å²) in [6, 6.07) is 0.220. The van der Waals surface area contributed by atoms with Crippen molar-refractivity contribution in [1.82, 2.24) is 4.98 Å². The minimum atomic E-state index is 0.220. The highest BCUT2D eigenvalue weighted by atomic mass is 32.1. The summed E-state index contributed by atoms with van der Waals surface area (Å²) in [6.45, 7) is 3.04. The van der Waals surface area contributed by atoms with Crippen LogP contribution in [0.2, 0.25) is 0 Å². The number of aromatic nitrogens is 1. The molecule has 0 bridgehead atoms. The summed E-state index contributed by atoms with van der Waals surface area (Å²) >= 11 is 1.69. The molecule has 0 aliphatic carbocycles. The predicted molar refractivity (Wildman–Crippen MR) is 61.9 cm³/mol.